The summed E-state index contributed by atoms with van der Waals surface area (Å²) in [6.07, 6.45) is 0. The monoisotopic (exact) mass is 2670 g/mol. The molecule has 128 heavy (non-hydrogen) atoms. The fourth-order valence-corrected chi connectivity index (χ4v) is 9.50. The molecule has 0 heterocycles. The second kappa shape index (κ2) is 113. The molecule has 0 saturated heterocycles. The summed E-state index contributed by atoms with van der Waals surface area (Å²) in [5.41, 5.74) is 18.1. The maximum atomic E-state index is 3.38. The van der Waals surface area contributed by atoms with E-state index in [-0.39, 0.29) is 492 Å². The van der Waals surface area contributed by atoms with Gasteiger partial charge in [0.1, 0.15) is 0 Å². The molecule has 0 aromatic heterocycles. The summed E-state index contributed by atoms with van der Waals surface area (Å²) in [7, 11) is 10.0. The summed E-state index contributed by atoms with van der Waals surface area (Å²) in [6, 6.07) is 153. The zero-order chi connectivity index (χ0) is 76.9. The molecule has 0 bridgehead atoms. The summed E-state index contributed by atoms with van der Waals surface area (Å²) in [5, 5.41) is 0. The quantitative estimate of drug-likeness (QED) is 0.101. The third-order valence-corrected chi connectivity index (χ3v) is 14.6. The van der Waals surface area contributed by atoms with Gasteiger partial charge in [-0.15, -0.1) is 115 Å². The van der Waals surface area contributed by atoms with E-state index in [2.05, 4.69) is 130 Å². The normalized spacial score (nSPS) is 7.76. The van der Waals surface area contributed by atoms with Gasteiger partial charge in [-0.25, -0.2) is 40.2 Å². The van der Waals surface area contributed by atoms with Gasteiger partial charge in [-0.2, -0.15) is 211 Å². The van der Waals surface area contributed by atoms with Crippen molar-refractivity contribution in [2.24, 2.45) is 0 Å². The van der Waals surface area contributed by atoms with E-state index in [1.807, 2.05) is 413 Å². The molecule has 5 nitrogen and oxygen atoms in total. The van der Waals surface area contributed by atoms with E-state index in [1.54, 1.807) is 0 Å². The number of para-hydroxylation sites is 6. The second-order valence-electron chi connectivity index (χ2n) is 20.9. The number of benzene rings is 14. The fourth-order valence-electron chi connectivity index (χ4n) is 9.50. The summed E-state index contributed by atoms with van der Waals surface area (Å²) in [5.74, 6) is 0. The molecule has 0 saturated carbocycles. The van der Waals surface area contributed by atoms with E-state index < -0.39 is 0 Å². The van der Waals surface area contributed by atoms with Crippen molar-refractivity contribution >= 4 is 56.9 Å². The fraction of sp³-hybridized carbons (Fsp3) is 0.155. The molecule has 0 aliphatic rings. The number of rotatable bonds is 14. The zero-order valence-corrected chi connectivity index (χ0v) is 118. The van der Waals surface area contributed by atoms with Crippen LogP contribution in [0, 0.1) is 176 Å². The van der Waals surface area contributed by atoms with Gasteiger partial charge >= 0.3 is 294 Å². The Labute approximate surface area is 1110 Å². The molecule has 0 fully saturated rings. The first kappa shape index (κ1) is 176. The van der Waals surface area contributed by atoms with Crippen molar-refractivity contribution in [3.8, 4) is 44.5 Å². The zero-order valence-electron chi connectivity index (χ0n) is 81.5. The minimum absolute atomic E-state index is 0. The first-order valence-corrected chi connectivity index (χ1v) is 36.4. The van der Waals surface area contributed by atoms with Gasteiger partial charge in [0.05, 0.1) is 0 Å². The Kier molecular flexibility index (Phi) is 155. The Morgan fingerprint density at radius 1 is 0.188 bits per heavy atom. The van der Waals surface area contributed by atoms with Crippen molar-refractivity contribution < 1.29 is 425 Å². The predicted octanol–water partition coefficient (Wildman–Crippen LogP) is 30.5. The minimum atomic E-state index is 0. The van der Waals surface area contributed by atoms with Crippen molar-refractivity contribution in [2.75, 3.05) is 59.7 Å². The Morgan fingerprint density at radius 3 is 0.781 bits per heavy atom. The standard InChI is InChI=1S/4C19H13N.C13H11N.6C2H6.9CH3.13Y/c1-20(17-12-6-3-7-13-17)19-15-9-8-14-18(19)16-10-4-2-5-11-16;2*1-20(18-12-6-3-7-13-18)19-14-8-11-17(15-19)16-9-4-2-5-10-16;1-20(18-10-6-3-7-11-18)19-14-12-17(13-15-19)16-8-4-2-5-9-16;1-14(12-8-4-2-5-9-12)13-10-6-3-7-11-13;6*1-2;;;;;;;;;;;;;;;;;;;;;;/h2-10,12H,1H3;2-9,12,15H,1H3;2-9,11-12H,1H3;2-8,10,12,15H,1H3;2-8,10H,1H3;6*1-2H3;9*1H3;;;;;;;;;;;;;/q4*-4;-2;;;;;;;9*-1;;;;;9*+3. The van der Waals surface area contributed by atoms with E-state index in [1.165, 1.54) is 0 Å². The molecule has 18 heteroatoms. The van der Waals surface area contributed by atoms with Crippen LogP contribution in [0.5, 0.6) is 0 Å². The predicted molar refractivity (Wildman–Crippen MR) is 511 cm³/mol. The molecule has 0 amide bonds. The Morgan fingerprint density at radius 2 is 0.469 bits per heavy atom. The second-order valence-corrected chi connectivity index (χ2v) is 20.9. The van der Waals surface area contributed by atoms with Crippen LogP contribution < -0.4 is 24.5 Å². The van der Waals surface area contributed by atoms with Crippen LogP contribution in [0.25, 0.3) is 44.5 Å². The van der Waals surface area contributed by atoms with Crippen molar-refractivity contribution in [3.05, 3.63) is 467 Å². The number of anilines is 10. The van der Waals surface area contributed by atoms with E-state index in [0.29, 0.717) is 0 Å². The van der Waals surface area contributed by atoms with Gasteiger partial charge in [0.25, 0.3) is 0 Å². The van der Waals surface area contributed by atoms with E-state index >= 15 is 0 Å². The van der Waals surface area contributed by atoms with E-state index in [9.17, 15) is 0 Å². The van der Waals surface area contributed by atoms with Crippen LogP contribution in [0.3, 0.4) is 0 Å². The first-order chi connectivity index (χ1) is 52.3. The van der Waals surface area contributed by atoms with E-state index in [0.717, 1.165) is 101 Å². The molecule has 14 aromatic carbocycles. The van der Waals surface area contributed by atoms with Crippen molar-refractivity contribution in [1.82, 2.24) is 0 Å². The minimum Gasteiger partial charge on any atom is -0.429 e. The summed E-state index contributed by atoms with van der Waals surface area (Å²) >= 11 is 0. The first-order valence-electron chi connectivity index (χ1n) is 36.4. The average Bonchev–Trinajstić information content (AvgIpc) is 0.815. The smallest absolute Gasteiger partial charge is 0.429 e. The van der Waals surface area contributed by atoms with Crippen molar-refractivity contribution in [2.45, 2.75) is 83.1 Å². The van der Waals surface area contributed by atoms with Crippen molar-refractivity contribution in [1.29, 1.82) is 0 Å². The molecule has 0 unspecified atom stereocenters. The van der Waals surface area contributed by atoms with Gasteiger partial charge in [0.2, 0.25) is 0 Å². The van der Waals surface area contributed by atoms with Crippen LogP contribution in [-0.2, 0) is 425 Å². The van der Waals surface area contributed by atoms with Crippen LogP contribution >= 0.6 is 0 Å². The largest absolute Gasteiger partial charge is 3.00 e. The molecule has 14 aromatic rings. The van der Waals surface area contributed by atoms with Crippen LogP contribution in [-0.4, -0.2) is 35.2 Å². The summed E-state index contributed by atoms with van der Waals surface area (Å²) in [6.45, 7) is 24.0. The molecule has 4 radical (unpaired) electrons. The van der Waals surface area contributed by atoms with E-state index in [4.69, 9.17) is 0 Å². The van der Waals surface area contributed by atoms with Gasteiger partial charge < -0.3 is 151 Å². The number of hydrogen-bond acceptors (Lipinski definition) is 5. The average molecular weight is 2670 g/mol. The van der Waals surface area contributed by atoms with Crippen LogP contribution in [0.15, 0.2) is 291 Å². The molecule has 0 spiro atoms. The SMILES string of the molecule is CC.CC.CC.CC.CC.CC.CN(c1[c-]cc(-c2[c-]cccc2)[c-]c1)c1[c-]cccc1.CN(c1[c-]ccc(-c2[c-]cccc2)[c-]1)c1[c-]cccc1.CN(c1[c-]cccc1)c1[c-]c[c-]c(-c2[c-]cccc2)c1.CN(c1[c-]cccc1)c1[c-]cc[c-]c1-c1[c-]cccc1.CN(c1[c-]cccc1)c1[c-]cccc1.[CH3-].[CH3-].[CH3-].[CH3-].[CH3-].[CH3-].[CH3-].[CH3-].[CH3-].[Y+3].[Y+3].[Y+3].[Y+3].[Y+3].[Y+3].[Y+3].[Y+3].[Y+3].[Y].[Y].[Y].[Y]. The van der Waals surface area contributed by atoms with Gasteiger partial charge in [-0.3, -0.25) is 42.0 Å². The Hall–Kier alpha value is 2.43. The number of nitrogens with zero attached hydrogens (tertiary/aromatic N) is 5. The molecule has 0 atom stereocenters. The Balaban J connectivity index is -0.0000000637. The molecular formula is C110H126N5Y13. The molecule has 630 valence electrons. The van der Waals surface area contributed by atoms with Crippen LogP contribution in [0.1, 0.15) is 83.1 Å². The van der Waals surface area contributed by atoms with Crippen molar-refractivity contribution in [3.63, 3.8) is 0 Å². The van der Waals surface area contributed by atoms with Gasteiger partial charge in [0, 0.05) is 152 Å². The summed E-state index contributed by atoms with van der Waals surface area (Å²) in [4.78, 5) is 10.2. The number of hydrogen-bond donors (Lipinski definition) is 0. The third-order valence-electron chi connectivity index (χ3n) is 14.6. The molecular weight excluding hydrogens is 2550 g/mol. The van der Waals surface area contributed by atoms with Crippen LogP contribution in [0.2, 0.25) is 0 Å². The maximum absolute atomic E-state index is 3.38. The van der Waals surface area contributed by atoms with Crippen LogP contribution in [0.4, 0.5) is 56.9 Å². The molecule has 0 N–H and O–H groups in total. The maximum Gasteiger partial charge on any atom is 3.00 e. The van der Waals surface area contributed by atoms with Gasteiger partial charge in [-0.05, 0) is 14.1 Å². The summed E-state index contributed by atoms with van der Waals surface area (Å²) < 4.78 is 0. The van der Waals surface area contributed by atoms with Gasteiger partial charge in [0.15, 0.2) is 0 Å². The topological polar surface area (TPSA) is 16.2 Å². The van der Waals surface area contributed by atoms with Gasteiger partial charge in [-0.1, -0.05) is 117 Å². The third kappa shape index (κ3) is 64.8. The Bertz CT molecular complexity index is 4290. The molecule has 14 rings (SSSR count). The molecule has 0 aliphatic heterocycles. The molecule has 0 aliphatic carbocycles.